The van der Waals surface area contributed by atoms with Crippen LogP contribution in [0.4, 0.5) is 0 Å². The molecule has 1 aliphatic rings. The lowest BCUT2D eigenvalue weighted by molar-refractivity contribution is 0.0981. The fraction of sp³-hybridized carbons (Fsp3) is 0.0909. The van der Waals surface area contributed by atoms with Crippen LogP contribution in [0, 0.1) is 6.92 Å². The molecule has 0 saturated heterocycles. The number of allylic oxidation sites excluding steroid dienone is 2. The zero-order valence-corrected chi connectivity index (χ0v) is 9.59. The van der Waals surface area contributed by atoms with Gasteiger partial charge in [-0.1, -0.05) is 11.6 Å². The maximum atomic E-state index is 11.8. The summed E-state index contributed by atoms with van der Waals surface area (Å²) in [5.74, 6) is -0.526. The van der Waals surface area contributed by atoms with Crippen LogP contribution in [0.5, 0.6) is 0 Å². The topological polar surface area (TPSA) is 60.2 Å². The summed E-state index contributed by atoms with van der Waals surface area (Å²) in [6.45, 7) is 1.87. The van der Waals surface area contributed by atoms with Crippen LogP contribution in [-0.2, 0) is 0 Å². The fourth-order valence-electron chi connectivity index (χ4n) is 1.53. The molecule has 0 aliphatic heterocycles. The Labute approximate surface area is 95.1 Å². The van der Waals surface area contributed by atoms with Gasteiger partial charge in [-0.25, -0.2) is 0 Å². The minimum Gasteiger partial charge on any atom is -0.395 e. The summed E-state index contributed by atoms with van der Waals surface area (Å²) < 4.78 is 0.158. The van der Waals surface area contributed by atoms with Gasteiger partial charge < -0.3 is 5.73 Å². The lowest BCUT2D eigenvalue weighted by atomic mass is 9.91. The van der Waals surface area contributed by atoms with Crippen LogP contribution in [0.3, 0.4) is 0 Å². The van der Waals surface area contributed by atoms with Crippen molar-refractivity contribution >= 4 is 27.5 Å². The average Bonchev–Trinajstić information content (AvgIpc) is 2.23. The minimum absolute atomic E-state index is 0.0173. The Balaban J connectivity index is 2.73. The maximum absolute atomic E-state index is 11.8. The zero-order chi connectivity index (χ0) is 11.2. The highest BCUT2D eigenvalue weighted by Crippen LogP contribution is 2.27. The van der Waals surface area contributed by atoms with Crippen molar-refractivity contribution in [3.8, 4) is 0 Å². The number of ketones is 2. The number of hydrogen-bond acceptors (Lipinski definition) is 3. The van der Waals surface area contributed by atoms with E-state index in [1.54, 1.807) is 18.2 Å². The van der Waals surface area contributed by atoms with E-state index in [2.05, 4.69) is 15.9 Å². The highest BCUT2D eigenvalue weighted by molar-refractivity contribution is 9.12. The number of aryl methyl sites for hydroxylation is 1. The standard InChI is InChI=1S/C11H8BrNO2/c1-5-2-3-6-7(4-5)10(14)8(12)9(13)11(6)15/h2-4H,13H2,1H3. The Morgan fingerprint density at radius 2 is 1.80 bits per heavy atom. The second-order valence-corrected chi connectivity index (χ2v) is 4.23. The number of fused-ring (bicyclic) bond motifs is 1. The lowest BCUT2D eigenvalue weighted by Crippen LogP contribution is -2.24. The normalized spacial score (nSPS) is 15.6. The summed E-state index contributed by atoms with van der Waals surface area (Å²) in [5.41, 5.74) is 7.25. The minimum atomic E-state index is -0.295. The van der Waals surface area contributed by atoms with E-state index < -0.39 is 0 Å². The molecule has 1 aromatic rings. The first kappa shape index (κ1) is 10.1. The first-order chi connectivity index (χ1) is 7.02. The summed E-state index contributed by atoms with van der Waals surface area (Å²) in [7, 11) is 0. The molecule has 0 spiro atoms. The predicted octanol–water partition coefficient (Wildman–Crippen LogP) is 1.94. The van der Waals surface area contributed by atoms with Crippen molar-refractivity contribution in [1.29, 1.82) is 0 Å². The van der Waals surface area contributed by atoms with Crippen LogP contribution in [0.25, 0.3) is 0 Å². The van der Waals surface area contributed by atoms with Crippen molar-refractivity contribution in [2.24, 2.45) is 5.73 Å². The number of carbonyl (C=O) groups excluding carboxylic acids is 2. The van der Waals surface area contributed by atoms with Crippen molar-refractivity contribution in [2.45, 2.75) is 6.92 Å². The molecule has 4 heteroatoms. The number of hydrogen-bond donors (Lipinski definition) is 1. The molecule has 0 heterocycles. The molecule has 0 aromatic heterocycles. The maximum Gasteiger partial charge on any atom is 0.210 e. The average molecular weight is 266 g/mol. The highest BCUT2D eigenvalue weighted by atomic mass is 79.9. The van der Waals surface area contributed by atoms with Crippen molar-refractivity contribution in [2.75, 3.05) is 0 Å². The van der Waals surface area contributed by atoms with Crippen LogP contribution in [0.15, 0.2) is 28.4 Å². The van der Waals surface area contributed by atoms with E-state index in [0.717, 1.165) is 5.56 Å². The molecule has 3 nitrogen and oxygen atoms in total. The second-order valence-electron chi connectivity index (χ2n) is 3.43. The SMILES string of the molecule is Cc1ccc2c(c1)C(=O)C(Br)=C(N)C2=O. The third-order valence-corrected chi connectivity index (χ3v) is 3.13. The molecule has 2 N–H and O–H groups in total. The molecule has 0 radical (unpaired) electrons. The van der Waals surface area contributed by atoms with E-state index in [1.807, 2.05) is 6.92 Å². The van der Waals surface area contributed by atoms with Gasteiger partial charge in [0.1, 0.15) is 0 Å². The number of halogens is 1. The molecule has 0 saturated carbocycles. The van der Waals surface area contributed by atoms with Gasteiger partial charge in [-0.3, -0.25) is 9.59 Å². The van der Waals surface area contributed by atoms with Gasteiger partial charge in [-0.2, -0.15) is 0 Å². The van der Waals surface area contributed by atoms with Crippen LogP contribution >= 0.6 is 15.9 Å². The van der Waals surface area contributed by atoms with Gasteiger partial charge in [0.15, 0.2) is 0 Å². The van der Waals surface area contributed by atoms with Crippen molar-refractivity contribution in [3.05, 3.63) is 45.1 Å². The van der Waals surface area contributed by atoms with Crippen LogP contribution in [0.1, 0.15) is 26.3 Å². The number of carbonyl (C=O) groups is 2. The number of benzene rings is 1. The zero-order valence-electron chi connectivity index (χ0n) is 8.00. The smallest absolute Gasteiger partial charge is 0.210 e. The van der Waals surface area contributed by atoms with Crippen LogP contribution in [0.2, 0.25) is 0 Å². The summed E-state index contributed by atoms with van der Waals surface area (Å²) in [6.07, 6.45) is 0. The van der Waals surface area contributed by atoms with E-state index in [1.165, 1.54) is 0 Å². The van der Waals surface area contributed by atoms with E-state index in [9.17, 15) is 9.59 Å². The van der Waals surface area contributed by atoms with Gasteiger partial charge in [0.25, 0.3) is 0 Å². The Hall–Kier alpha value is -1.42. The van der Waals surface area contributed by atoms with Gasteiger partial charge in [-0.05, 0) is 35.0 Å². The Morgan fingerprint density at radius 3 is 2.47 bits per heavy atom. The third kappa shape index (κ3) is 1.41. The number of Topliss-reactive ketones (excluding diaryl/α,β-unsaturated/α-hetero) is 2. The summed E-state index contributed by atoms with van der Waals surface area (Å²) in [4.78, 5) is 23.5. The molecule has 0 bridgehead atoms. The Kier molecular flexibility index (Phi) is 2.23. The van der Waals surface area contributed by atoms with E-state index in [0.29, 0.717) is 11.1 Å². The number of rotatable bonds is 0. The van der Waals surface area contributed by atoms with Gasteiger partial charge >= 0.3 is 0 Å². The predicted molar refractivity (Wildman–Crippen MR) is 60.0 cm³/mol. The van der Waals surface area contributed by atoms with Crippen LogP contribution in [-0.4, -0.2) is 11.6 Å². The van der Waals surface area contributed by atoms with Gasteiger partial charge in [0.2, 0.25) is 11.6 Å². The van der Waals surface area contributed by atoms with Gasteiger partial charge in [-0.15, -0.1) is 0 Å². The Morgan fingerprint density at radius 1 is 1.13 bits per heavy atom. The molecular weight excluding hydrogens is 258 g/mol. The number of nitrogens with two attached hydrogens (primary N) is 1. The summed E-state index contributed by atoms with van der Waals surface area (Å²) in [5, 5.41) is 0. The van der Waals surface area contributed by atoms with Crippen LogP contribution < -0.4 is 5.73 Å². The van der Waals surface area contributed by atoms with Crippen molar-refractivity contribution < 1.29 is 9.59 Å². The molecule has 2 rings (SSSR count). The highest BCUT2D eigenvalue weighted by Gasteiger charge is 2.29. The molecule has 15 heavy (non-hydrogen) atoms. The first-order valence-electron chi connectivity index (χ1n) is 4.37. The monoisotopic (exact) mass is 265 g/mol. The molecule has 76 valence electrons. The third-order valence-electron chi connectivity index (χ3n) is 2.34. The fourth-order valence-corrected chi connectivity index (χ4v) is 1.92. The quantitative estimate of drug-likeness (QED) is 0.780. The van der Waals surface area contributed by atoms with Crippen molar-refractivity contribution in [3.63, 3.8) is 0 Å². The van der Waals surface area contributed by atoms with E-state index in [-0.39, 0.29) is 21.7 Å². The molecule has 1 aromatic carbocycles. The van der Waals surface area contributed by atoms with Crippen molar-refractivity contribution in [1.82, 2.24) is 0 Å². The molecule has 0 amide bonds. The molecule has 0 unspecified atom stereocenters. The Bertz CT molecular complexity index is 517. The largest absolute Gasteiger partial charge is 0.395 e. The van der Waals surface area contributed by atoms with E-state index >= 15 is 0 Å². The summed E-state index contributed by atoms with van der Waals surface area (Å²) in [6, 6.07) is 5.12. The molecule has 0 atom stereocenters. The summed E-state index contributed by atoms with van der Waals surface area (Å²) >= 11 is 3.04. The lowest BCUT2D eigenvalue weighted by Gasteiger charge is -2.15. The molecule has 1 aliphatic carbocycles. The molecular formula is C11H8BrNO2. The molecule has 0 fully saturated rings. The first-order valence-corrected chi connectivity index (χ1v) is 5.17. The second kappa shape index (κ2) is 3.31. The van der Waals surface area contributed by atoms with Gasteiger partial charge in [0.05, 0.1) is 10.2 Å². The van der Waals surface area contributed by atoms with E-state index in [4.69, 9.17) is 5.73 Å². The van der Waals surface area contributed by atoms with Gasteiger partial charge in [0, 0.05) is 11.1 Å².